The second-order valence-electron chi connectivity index (χ2n) is 8.42. The van der Waals surface area contributed by atoms with Crippen molar-refractivity contribution in [3.05, 3.63) is 88.2 Å². The van der Waals surface area contributed by atoms with E-state index in [1.54, 1.807) is 51.9 Å². The van der Waals surface area contributed by atoms with E-state index in [9.17, 15) is 18.0 Å². The summed E-state index contributed by atoms with van der Waals surface area (Å²) in [5, 5.41) is 0. The Kier molecular flexibility index (Phi) is 5.13. The Balaban J connectivity index is 1.37. The van der Waals surface area contributed by atoms with Gasteiger partial charge >= 0.3 is 0 Å². The van der Waals surface area contributed by atoms with Gasteiger partial charge in [0.1, 0.15) is 5.69 Å². The minimum atomic E-state index is -3.73. The zero-order chi connectivity index (χ0) is 22.3. The van der Waals surface area contributed by atoms with E-state index in [2.05, 4.69) is 4.72 Å². The number of nitrogens with one attached hydrogen (secondary N) is 1. The van der Waals surface area contributed by atoms with E-state index in [1.807, 2.05) is 6.07 Å². The first-order valence-electron chi connectivity index (χ1n) is 10.5. The quantitative estimate of drug-likeness (QED) is 0.640. The van der Waals surface area contributed by atoms with E-state index in [4.69, 9.17) is 4.42 Å². The largest absolute Gasteiger partial charge is 0.459 e. The molecule has 5 rings (SSSR count). The second-order valence-corrected chi connectivity index (χ2v) is 10.1. The summed E-state index contributed by atoms with van der Waals surface area (Å²) in [6.45, 7) is 1.47. The van der Waals surface area contributed by atoms with Crippen molar-refractivity contribution < 1.29 is 17.6 Å². The molecule has 2 unspecified atom stereocenters. The number of hydrogen-bond donors (Lipinski definition) is 1. The highest BCUT2D eigenvalue weighted by atomic mass is 32.2. The van der Waals surface area contributed by atoms with Crippen molar-refractivity contribution in [2.45, 2.75) is 24.6 Å². The van der Waals surface area contributed by atoms with Crippen LogP contribution in [0.5, 0.6) is 0 Å². The molecule has 2 bridgehead atoms. The number of carbonyl (C=O) groups excluding carboxylic acids is 1. The van der Waals surface area contributed by atoms with Crippen LogP contribution >= 0.6 is 0 Å². The van der Waals surface area contributed by atoms with Crippen LogP contribution in [0.25, 0.3) is 0 Å². The normalized spacial score (nSPS) is 19.9. The number of aromatic nitrogens is 1. The fourth-order valence-electron chi connectivity index (χ4n) is 4.74. The number of carbonyl (C=O) groups is 1. The molecule has 1 aromatic carbocycles. The van der Waals surface area contributed by atoms with Gasteiger partial charge in [-0.25, -0.2) is 8.42 Å². The molecule has 1 N–H and O–H groups in total. The van der Waals surface area contributed by atoms with Crippen LogP contribution in [-0.2, 0) is 22.3 Å². The van der Waals surface area contributed by atoms with Crippen LogP contribution in [0.3, 0.4) is 0 Å². The Morgan fingerprint density at radius 2 is 1.84 bits per heavy atom. The van der Waals surface area contributed by atoms with Gasteiger partial charge in [0.05, 0.1) is 12.0 Å². The molecule has 2 atom stereocenters. The van der Waals surface area contributed by atoms with Crippen molar-refractivity contribution in [3.8, 4) is 0 Å². The third kappa shape index (κ3) is 3.95. The number of nitrogens with zero attached hydrogens (tertiary/aromatic N) is 2. The summed E-state index contributed by atoms with van der Waals surface area (Å²) in [4.78, 5) is 27.6. The molecule has 32 heavy (non-hydrogen) atoms. The monoisotopic (exact) mass is 453 g/mol. The lowest BCUT2D eigenvalue weighted by Crippen LogP contribution is -2.49. The Hall–Kier alpha value is -3.33. The summed E-state index contributed by atoms with van der Waals surface area (Å²) >= 11 is 0. The molecule has 0 radical (unpaired) electrons. The fraction of sp³-hybridized carbons (Fsp3) is 0.304. The Morgan fingerprint density at radius 1 is 1.03 bits per heavy atom. The number of pyridine rings is 1. The van der Waals surface area contributed by atoms with Gasteiger partial charge in [0, 0.05) is 31.2 Å². The molecule has 4 heterocycles. The van der Waals surface area contributed by atoms with E-state index in [-0.39, 0.29) is 34.7 Å². The van der Waals surface area contributed by atoms with Crippen molar-refractivity contribution in [1.82, 2.24) is 9.47 Å². The minimum absolute atomic E-state index is 0.0177. The van der Waals surface area contributed by atoms with E-state index in [1.165, 1.54) is 12.3 Å². The van der Waals surface area contributed by atoms with Crippen LogP contribution < -0.4 is 10.3 Å². The zero-order valence-corrected chi connectivity index (χ0v) is 18.1. The van der Waals surface area contributed by atoms with Crippen LogP contribution in [0, 0.1) is 5.92 Å². The van der Waals surface area contributed by atoms with Gasteiger partial charge in [-0.2, -0.15) is 0 Å². The maximum Gasteiger partial charge on any atom is 0.289 e. The third-order valence-electron chi connectivity index (χ3n) is 6.09. The van der Waals surface area contributed by atoms with Crippen molar-refractivity contribution in [2.24, 2.45) is 5.92 Å². The molecule has 3 aromatic rings. The maximum atomic E-state index is 13.1. The van der Waals surface area contributed by atoms with Crippen LogP contribution in [0.15, 0.2) is 70.1 Å². The lowest BCUT2D eigenvalue weighted by atomic mass is 9.83. The molecule has 1 saturated heterocycles. The smallest absolute Gasteiger partial charge is 0.289 e. The highest BCUT2D eigenvalue weighted by molar-refractivity contribution is 7.91. The first-order valence-corrected chi connectivity index (χ1v) is 12.2. The van der Waals surface area contributed by atoms with E-state index in [0.717, 1.165) is 12.1 Å². The summed E-state index contributed by atoms with van der Waals surface area (Å²) in [6.07, 6.45) is 2.37. The number of amides is 1. The molecule has 2 aromatic heterocycles. The van der Waals surface area contributed by atoms with Gasteiger partial charge in [-0.3, -0.25) is 14.3 Å². The van der Waals surface area contributed by atoms with Gasteiger partial charge in [-0.15, -0.1) is 0 Å². The minimum Gasteiger partial charge on any atom is -0.459 e. The molecular weight excluding hydrogens is 430 g/mol. The molecule has 0 spiro atoms. The summed E-state index contributed by atoms with van der Waals surface area (Å²) in [6, 6.07) is 15.5. The van der Waals surface area contributed by atoms with E-state index < -0.39 is 10.0 Å². The first-order chi connectivity index (χ1) is 15.4. The lowest BCUT2D eigenvalue weighted by Gasteiger charge is -2.42. The molecule has 2 aliphatic heterocycles. The van der Waals surface area contributed by atoms with Crippen LogP contribution in [0.2, 0.25) is 0 Å². The van der Waals surface area contributed by atoms with Gasteiger partial charge in [0.2, 0.25) is 10.0 Å². The Labute approximate surface area is 185 Å². The zero-order valence-electron chi connectivity index (χ0n) is 17.3. The molecule has 9 heteroatoms. The number of benzene rings is 1. The van der Waals surface area contributed by atoms with Crippen LogP contribution in [0.1, 0.15) is 34.2 Å². The van der Waals surface area contributed by atoms with Gasteiger partial charge in [-0.1, -0.05) is 30.3 Å². The van der Waals surface area contributed by atoms with E-state index in [0.29, 0.717) is 31.0 Å². The molecule has 0 aliphatic carbocycles. The highest BCUT2D eigenvalue weighted by Gasteiger charge is 2.37. The number of likely N-dealkylation sites (tertiary alicyclic amines) is 1. The van der Waals surface area contributed by atoms with Crippen molar-refractivity contribution in [1.29, 1.82) is 0 Å². The van der Waals surface area contributed by atoms with Crippen LogP contribution in [0.4, 0.5) is 5.69 Å². The second kappa shape index (κ2) is 7.98. The number of hydrogen-bond acceptors (Lipinski definition) is 5. The Bertz CT molecular complexity index is 1300. The molecule has 1 fully saturated rings. The number of furan rings is 1. The standard InChI is InChI=1S/C23H23N3O5S/c27-22-19(24-32(29,30)15-16-5-2-1-3-6-16)8-9-20-18-11-17(13-26(20)22)12-25(14-18)23(28)21-7-4-10-31-21/h1-10,17-18,24H,11-15H2. The van der Waals surface area contributed by atoms with Gasteiger partial charge in [0.25, 0.3) is 11.5 Å². The highest BCUT2D eigenvalue weighted by Crippen LogP contribution is 2.36. The average molecular weight is 454 g/mol. The van der Waals surface area contributed by atoms with Gasteiger partial charge in [-0.05, 0) is 42.2 Å². The summed E-state index contributed by atoms with van der Waals surface area (Å²) in [5.74, 6) is 0.0962. The number of piperidine rings is 1. The molecular formula is C23H23N3O5S. The molecule has 8 nitrogen and oxygen atoms in total. The molecule has 166 valence electrons. The average Bonchev–Trinajstić information content (AvgIpc) is 3.30. The van der Waals surface area contributed by atoms with Gasteiger partial charge in [0.15, 0.2) is 5.76 Å². The lowest BCUT2D eigenvalue weighted by molar-refractivity contribution is 0.0564. The van der Waals surface area contributed by atoms with Gasteiger partial charge < -0.3 is 13.9 Å². The molecule has 0 saturated carbocycles. The predicted octanol–water partition coefficient (Wildman–Crippen LogP) is 2.64. The molecule has 1 amide bonds. The molecule has 2 aliphatic rings. The summed E-state index contributed by atoms with van der Waals surface area (Å²) in [7, 11) is -3.73. The predicted molar refractivity (Wildman–Crippen MR) is 119 cm³/mol. The summed E-state index contributed by atoms with van der Waals surface area (Å²) < 4.78 is 34.6. The maximum absolute atomic E-state index is 13.1. The fourth-order valence-corrected chi connectivity index (χ4v) is 5.94. The van der Waals surface area contributed by atoms with Crippen molar-refractivity contribution in [2.75, 3.05) is 17.8 Å². The van der Waals surface area contributed by atoms with E-state index >= 15 is 0 Å². The SMILES string of the molecule is O=C(c1ccco1)N1CC2CC(C1)c1ccc(NS(=O)(=O)Cc3ccccc3)c(=O)n1C2. The summed E-state index contributed by atoms with van der Waals surface area (Å²) in [5.41, 5.74) is 1.18. The van der Waals surface area contributed by atoms with Crippen molar-refractivity contribution in [3.63, 3.8) is 0 Å². The number of sulfonamides is 1. The number of rotatable bonds is 5. The van der Waals surface area contributed by atoms with Crippen molar-refractivity contribution >= 4 is 21.6 Å². The first kappa shape index (κ1) is 20.6. The third-order valence-corrected chi connectivity index (χ3v) is 7.33. The van der Waals surface area contributed by atoms with Crippen LogP contribution in [-0.4, -0.2) is 36.9 Å². The number of anilines is 1. The Morgan fingerprint density at radius 3 is 2.59 bits per heavy atom. The topological polar surface area (TPSA) is 102 Å². The number of fused-ring (bicyclic) bond motifs is 4.